The number of halogens is 1. The van der Waals surface area contributed by atoms with E-state index < -0.39 is 0 Å². The molecule has 1 atom stereocenters. The molecule has 0 aliphatic carbocycles. The van der Waals surface area contributed by atoms with Crippen molar-refractivity contribution in [2.75, 3.05) is 19.6 Å². The van der Waals surface area contributed by atoms with Gasteiger partial charge in [-0.3, -0.25) is 9.59 Å². The number of likely N-dealkylation sites (tertiary alicyclic amines) is 1. The maximum absolute atomic E-state index is 12.8. The molecule has 0 saturated carbocycles. The van der Waals surface area contributed by atoms with Crippen LogP contribution in [0.1, 0.15) is 46.8 Å². The van der Waals surface area contributed by atoms with E-state index >= 15 is 0 Å². The summed E-state index contributed by atoms with van der Waals surface area (Å²) >= 11 is 0. The van der Waals surface area contributed by atoms with Gasteiger partial charge in [-0.15, -0.1) is 12.4 Å². The van der Waals surface area contributed by atoms with Crippen LogP contribution in [0.2, 0.25) is 0 Å². The number of fused-ring (bicyclic) bond motifs is 1. The molecule has 2 aliphatic heterocycles. The number of aromatic nitrogens is 1. The van der Waals surface area contributed by atoms with Gasteiger partial charge in [-0.05, 0) is 73.0 Å². The monoisotopic (exact) mass is 477 g/mol. The van der Waals surface area contributed by atoms with Crippen molar-refractivity contribution in [2.24, 2.45) is 0 Å². The molecule has 5 nitrogen and oxygen atoms in total. The van der Waals surface area contributed by atoms with Crippen LogP contribution in [0.4, 0.5) is 0 Å². The molecule has 1 N–H and O–H groups in total. The molecule has 1 saturated heterocycles. The Hall–Kier alpha value is -2.89. The van der Waals surface area contributed by atoms with Gasteiger partial charge in [-0.2, -0.15) is 0 Å². The normalized spacial score (nSPS) is 17.8. The number of benzene rings is 2. The van der Waals surface area contributed by atoms with Crippen LogP contribution < -0.4 is 5.56 Å². The molecule has 0 unspecified atom stereocenters. The summed E-state index contributed by atoms with van der Waals surface area (Å²) in [5.74, 6) is -0.0882. The minimum absolute atomic E-state index is 0. The first-order chi connectivity index (χ1) is 16.1. The maximum atomic E-state index is 12.8. The Kier molecular flexibility index (Phi) is 7.54. The fourth-order valence-corrected chi connectivity index (χ4v) is 5.13. The number of amides is 1. The number of carbonyl (C=O) groups is 1. The van der Waals surface area contributed by atoms with Crippen LogP contribution in [-0.4, -0.2) is 46.4 Å². The molecule has 2 aromatic carbocycles. The fraction of sp³-hybridized carbons (Fsp3) is 0.357. The summed E-state index contributed by atoms with van der Waals surface area (Å²) in [7, 11) is 0. The third-order valence-electron chi connectivity index (χ3n) is 7.19. The molecular weight excluding hydrogens is 446 g/mol. The van der Waals surface area contributed by atoms with Gasteiger partial charge in [0.15, 0.2) is 0 Å². The van der Waals surface area contributed by atoms with E-state index in [0.29, 0.717) is 18.7 Å². The Morgan fingerprint density at radius 2 is 1.79 bits per heavy atom. The van der Waals surface area contributed by atoms with Crippen molar-refractivity contribution < 1.29 is 4.79 Å². The van der Waals surface area contributed by atoms with Gasteiger partial charge in [0, 0.05) is 43.5 Å². The number of carbonyl (C=O) groups excluding carboxylic acids is 1. The summed E-state index contributed by atoms with van der Waals surface area (Å²) in [6.07, 6.45) is 6.11. The molecule has 1 fully saturated rings. The summed E-state index contributed by atoms with van der Waals surface area (Å²) in [6.45, 7) is 5.96. The van der Waals surface area contributed by atoms with Crippen molar-refractivity contribution in [1.82, 2.24) is 14.8 Å². The molecule has 1 aromatic heterocycles. The highest BCUT2D eigenvalue weighted by Crippen LogP contribution is 2.27. The number of aromatic amines is 1. The highest BCUT2D eigenvalue weighted by Gasteiger charge is 2.22. The lowest BCUT2D eigenvalue weighted by Gasteiger charge is -2.29. The van der Waals surface area contributed by atoms with Gasteiger partial charge in [-0.25, -0.2) is 0 Å². The quantitative estimate of drug-likeness (QED) is 0.580. The Morgan fingerprint density at radius 3 is 2.53 bits per heavy atom. The minimum atomic E-state index is -0.250. The SMILES string of the molecule is C[C@@H]1CCCN1CCc1ccc(-c2ccc3c(c2)CCN(C(=O)c2cc[nH]c(=O)c2)C3)cc1.Cl. The van der Waals surface area contributed by atoms with E-state index in [1.807, 2.05) is 4.90 Å². The van der Waals surface area contributed by atoms with Crippen LogP contribution in [0.3, 0.4) is 0 Å². The predicted molar refractivity (Wildman–Crippen MR) is 139 cm³/mol. The van der Waals surface area contributed by atoms with E-state index in [1.54, 1.807) is 6.07 Å². The second-order valence-corrected chi connectivity index (χ2v) is 9.38. The van der Waals surface area contributed by atoms with Crippen LogP contribution in [-0.2, 0) is 19.4 Å². The van der Waals surface area contributed by atoms with Gasteiger partial charge >= 0.3 is 0 Å². The summed E-state index contributed by atoms with van der Waals surface area (Å²) < 4.78 is 0. The summed E-state index contributed by atoms with van der Waals surface area (Å²) in [6, 6.07) is 19.3. The molecule has 0 bridgehead atoms. The zero-order chi connectivity index (χ0) is 22.8. The molecule has 3 heterocycles. The molecule has 1 amide bonds. The van der Waals surface area contributed by atoms with E-state index in [9.17, 15) is 9.59 Å². The molecule has 6 heteroatoms. The average molecular weight is 478 g/mol. The Morgan fingerprint density at radius 1 is 1.00 bits per heavy atom. The zero-order valence-electron chi connectivity index (χ0n) is 19.6. The van der Waals surface area contributed by atoms with Crippen LogP contribution in [0.5, 0.6) is 0 Å². The lowest BCUT2D eigenvalue weighted by atomic mass is 9.94. The number of pyridine rings is 1. The maximum Gasteiger partial charge on any atom is 0.254 e. The molecule has 3 aromatic rings. The molecule has 34 heavy (non-hydrogen) atoms. The van der Waals surface area contributed by atoms with Gasteiger partial charge in [0.25, 0.3) is 5.91 Å². The average Bonchev–Trinajstić information content (AvgIpc) is 3.26. The van der Waals surface area contributed by atoms with Gasteiger partial charge in [0.1, 0.15) is 0 Å². The van der Waals surface area contributed by atoms with Gasteiger partial charge in [0.05, 0.1) is 0 Å². The van der Waals surface area contributed by atoms with Gasteiger partial charge < -0.3 is 14.8 Å². The smallest absolute Gasteiger partial charge is 0.254 e. The summed E-state index contributed by atoms with van der Waals surface area (Å²) in [5, 5.41) is 0. The largest absolute Gasteiger partial charge is 0.334 e. The molecule has 178 valence electrons. The van der Waals surface area contributed by atoms with Crippen LogP contribution in [0.25, 0.3) is 11.1 Å². The van der Waals surface area contributed by atoms with Crippen molar-refractivity contribution >= 4 is 18.3 Å². The Balaban J connectivity index is 0.00000274. The summed E-state index contributed by atoms with van der Waals surface area (Å²) in [4.78, 5) is 31.3. The van der Waals surface area contributed by atoms with Crippen molar-refractivity contribution in [2.45, 2.75) is 45.2 Å². The first kappa shape index (κ1) is 24.2. The third-order valence-corrected chi connectivity index (χ3v) is 7.19. The number of nitrogens with one attached hydrogen (secondary N) is 1. The third kappa shape index (κ3) is 5.26. The van der Waals surface area contributed by atoms with E-state index in [4.69, 9.17) is 0 Å². The first-order valence-electron chi connectivity index (χ1n) is 12.0. The number of H-pyrrole nitrogens is 1. The summed E-state index contributed by atoms with van der Waals surface area (Å²) in [5.41, 5.74) is 6.53. The number of rotatable bonds is 5. The lowest BCUT2D eigenvalue weighted by Crippen LogP contribution is -2.36. The number of hydrogen-bond donors (Lipinski definition) is 1. The van der Waals surface area contributed by atoms with Crippen molar-refractivity contribution in [1.29, 1.82) is 0 Å². The van der Waals surface area contributed by atoms with E-state index in [1.165, 1.54) is 59.5 Å². The second-order valence-electron chi connectivity index (χ2n) is 9.38. The van der Waals surface area contributed by atoms with E-state index in [-0.39, 0.29) is 23.9 Å². The molecular formula is C28H32ClN3O2. The van der Waals surface area contributed by atoms with Gasteiger partial charge in [-0.1, -0.05) is 42.5 Å². The first-order valence-corrected chi connectivity index (χ1v) is 12.0. The molecule has 2 aliphatic rings. The second kappa shape index (κ2) is 10.6. The van der Waals surface area contributed by atoms with Crippen LogP contribution in [0.15, 0.2) is 65.6 Å². The highest BCUT2D eigenvalue weighted by atomic mass is 35.5. The van der Waals surface area contributed by atoms with Crippen LogP contribution in [0, 0.1) is 0 Å². The minimum Gasteiger partial charge on any atom is -0.334 e. The topological polar surface area (TPSA) is 56.4 Å². The van der Waals surface area contributed by atoms with Crippen molar-refractivity contribution in [3.8, 4) is 11.1 Å². The van der Waals surface area contributed by atoms with E-state index in [0.717, 1.165) is 25.4 Å². The number of nitrogens with zero attached hydrogens (tertiary/aromatic N) is 2. The zero-order valence-corrected chi connectivity index (χ0v) is 20.4. The molecule has 0 radical (unpaired) electrons. The molecule has 5 rings (SSSR count). The van der Waals surface area contributed by atoms with Gasteiger partial charge in [0.2, 0.25) is 5.56 Å². The number of hydrogen-bond acceptors (Lipinski definition) is 3. The predicted octanol–water partition coefficient (Wildman–Crippen LogP) is 4.69. The standard InChI is InChI=1S/C28H31N3O2.ClH/c1-20-3-2-14-30(20)15-11-21-4-6-22(7-5-21)23-8-9-26-19-31(16-12-24(26)17-23)28(33)25-10-13-29-27(32)18-25;/h4-10,13,17-18,20H,2-3,11-12,14-16,19H2,1H3,(H,29,32);1H/t20-;/m1./s1. The molecule has 0 spiro atoms. The van der Waals surface area contributed by atoms with Crippen molar-refractivity contribution in [3.05, 3.63) is 93.4 Å². The highest BCUT2D eigenvalue weighted by molar-refractivity contribution is 5.94. The van der Waals surface area contributed by atoms with Crippen molar-refractivity contribution in [3.63, 3.8) is 0 Å². The van der Waals surface area contributed by atoms with E-state index in [2.05, 4.69) is 59.3 Å². The Bertz CT molecular complexity index is 1200. The fourth-order valence-electron chi connectivity index (χ4n) is 5.13. The van der Waals surface area contributed by atoms with Crippen LogP contribution >= 0.6 is 12.4 Å². The lowest BCUT2D eigenvalue weighted by molar-refractivity contribution is 0.0734. The Labute approximate surface area is 207 Å².